The van der Waals surface area contributed by atoms with Crippen molar-refractivity contribution < 1.29 is 0 Å². The SMILES string of the molecule is Cc1csc(-n2cccc2C#N)n1. The maximum Gasteiger partial charge on any atom is 0.194 e. The van der Waals surface area contributed by atoms with E-state index in [0.717, 1.165) is 10.8 Å². The van der Waals surface area contributed by atoms with Crippen molar-refractivity contribution in [1.82, 2.24) is 9.55 Å². The van der Waals surface area contributed by atoms with Crippen LogP contribution in [0.2, 0.25) is 0 Å². The number of rotatable bonds is 1. The molecule has 0 atom stereocenters. The maximum atomic E-state index is 8.78. The molecule has 0 spiro atoms. The third-order valence-electron chi connectivity index (χ3n) is 1.68. The van der Waals surface area contributed by atoms with Gasteiger partial charge in [-0.2, -0.15) is 5.26 Å². The summed E-state index contributed by atoms with van der Waals surface area (Å²) >= 11 is 1.54. The summed E-state index contributed by atoms with van der Waals surface area (Å²) in [7, 11) is 0. The Balaban J connectivity index is 2.53. The van der Waals surface area contributed by atoms with Gasteiger partial charge in [-0.1, -0.05) is 0 Å². The molecule has 0 unspecified atom stereocenters. The van der Waals surface area contributed by atoms with E-state index in [2.05, 4.69) is 11.1 Å². The van der Waals surface area contributed by atoms with Crippen molar-refractivity contribution in [2.75, 3.05) is 0 Å². The van der Waals surface area contributed by atoms with Crippen LogP contribution in [0, 0.1) is 18.3 Å². The summed E-state index contributed by atoms with van der Waals surface area (Å²) in [6.45, 7) is 1.94. The Labute approximate surface area is 79.9 Å². The summed E-state index contributed by atoms with van der Waals surface area (Å²) in [5, 5.41) is 11.6. The van der Waals surface area contributed by atoms with Crippen molar-refractivity contribution in [2.45, 2.75) is 6.92 Å². The first-order valence-electron chi connectivity index (χ1n) is 3.81. The topological polar surface area (TPSA) is 41.6 Å². The molecule has 64 valence electrons. The molecule has 0 bridgehead atoms. The van der Waals surface area contributed by atoms with Gasteiger partial charge in [-0.15, -0.1) is 11.3 Å². The van der Waals surface area contributed by atoms with Gasteiger partial charge in [0.25, 0.3) is 0 Å². The van der Waals surface area contributed by atoms with Gasteiger partial charge in [0.1, 0.15) is 11.8 Å². The molecule has 13 heavy (non-hydrogen) atoms. The van der Waals surface area contributed by atoms with Gasteiger partial charge in [-0.3, -0.25) is 4.57 Å². The summed E-state index contributed by atoms with van der Waals surface area (Å²) in [5.41, 5.74) is 1.60. The molecular formula is C9H7N3S. The van der Waals surface area contributed by atoms with Crippen molar-refractivity contribution in [3.8, 4) is 11.2 Å². The molecule has 2 heterocycles. The Hall–Kier alpha value is -1.60. The standard InChI is InChI=1S/C9H7N3S/c1-7-6-13-9(11-7)12-4-2-3-8(12)5-10/h2-4,6H,1H3. The zero-order chi connectivity index (χ0) is 9.26. The van der Waals surface area contributed by atoms with Crippen LogP contribution in [0.1, 0.15) is 11.4 Å². The smallest absolute Gasteiger partial charge is 0.194 e. The first-order valence-corrected chi connectivity index (χ1v) is 4.69. The van der Waals surface area contributed by atoms with E-state index in [0.29, 0.717) is 5.69 Å². The summed E-state index contributed by atoms with van der Waals surface area (Å²) in [6.07, 6.45) is 1.84. The predicted molar refractivity (Wildman–Crippen MR) is 50.9 cm³/mol. The lowest BCUT2D eigenvalue weighted by atomic mass is 10.5. The van der Waals surface area contributed by atoms with Crippen LogP contribution in [0.5, 0.6) is 0 Å². The van der Waals surface area contributed by atoms with Crippen molar-refractivity contribution in [1.29, 1.82) is 5.26 Å². The van der Waals surface area contributed by atoms with E-state index in [1.54, 1.807) is 10.6 Å². The molecule has 0 amide bonds. The highest BCUT2D eigenvalue weighted by molar-refractivity contribution is 7.12. The number of aromatic nitrogens is 2. The van der Waals surface area contributed by atoms with Gasteiger partial charge in [0.05, 0.1) is 5.69 Å². The predicted octanol–water partition coefficient (Wildman–Crippen LogP) is 2.11. The van der Waals surface area contributed by atoms with Crippen LogP contribution in [-0.2, 0) is 0 Å². The fourth-order valence-corrected chi connectivity index (χ4v) is 1.89. The van der Waals surface area contributed by atoms with Gasteiger partial charge in [0.2, 0.25) is 0 Å². The Kier molecular flexibility index (Phi) is 1.87. The first kappa shape index (κ1) is 8.02. The lowest BCUT2D eigenvalue weighted by molar-refractivity contribution is 1.01. The number of aryl methyl sites for hydroxylation is 1. The van der Waals surface area contributed by atoms with Crippen LogP contribution in [0.25, 0.3) is 5.13 Å². The molecule has 0 saturated heterocycles. The third kappa shape index (κ3) is 1.34. The van der Waals surface area contributed by atoms with Gasteiger partial charge in [-0.05, 0) is 19.1 Å². The molecule has 0 aromatic carbocycles. The van der Waals surface area contributed by atoms with Crippen molar-refractivity contribution in [2.24, 2.45) is 0 Å². The summed E-state index contributed by atoms with van der Waals surface area (Å²) < 4.78 is 1.79. The molecule has 2 aromatic heterocycles. The number of hydrogen-bond acceptors (Lipinski definition) is 3. The fourth-order valence-electron chi connectivity index (χ4n) is 1.09. The van der Waals surface area contributed by atoms with E-state index >= 15 is 0 Å². The zero-order valence-electron chi connectivity index (χ0n) is 7.06. The highest BCUT2D eigenvalue weighted by Gasteiger charge is 2.04. The summed E-state index contributed by atoms with van der Waals surface area (Å²) in [6, 6.07) is 5.73. The van der Waals surface area contributed by atoms with Crippen LogP contribution >= 0.6 is 11.3 Å². The minimum absolute atomic E-state index is 0.620. The molecule has 0 aliphatic rings. The van der Waals surface area contributed by atoms with Crippen molar-refractivity contribution in [3.63, 3.8) is 0 Å². The number of nitriles is 1. The Morgan fingerprint density at radius 3 is 3.08 bits per heavy atom. The van der Waals surface area contributed by atoms with Gasteiger partial charge in [0.15, 0.2) is 5.13 Å². The zero-order valence-corrected chi connectivity index (χ0v) is 7.88. The molecule has 4 heteroatoms. The molecule has 3 nitrogen and oxygen atoms in total. The number of thiazole rings is 1. The molecule has 0 fully saturated rings. The first-order chi connectivity index (χ1) is 6.31. The van der Waals surface area contributed by atoms with Gasteiger partial charge < -0.3 is 0 Å². The molecule has 2 rings (SSSR count). The summed E-state index contributed by atoms with van der Waals surface area (Å²) in [5.74, 6) is 0. The molecule has 0 aliphatic heterocycles. The van der Waals surface area contributed by atoms with Crippen LogP contribution < -0.4 is 0 Å². The van der Waals surface area contributed by atoms with Gasteiger partial charge in [-0.25, -0.2) is 4.98 Å². The minimum Gasteiger partial charge on any atom is -0.284 e. The lowest BCUT2D eigenvalue weighted by Gasteiger charge is -1.96. The molecule has 0 saturated carbocycles. The van der Waals surface area contributed by atoms with E-state index in [4.69, 9.17) is 5.26 Å². The Morgan fingerprint density at radius 2 is 2.46 bits per heavy atom. The van der Waals surface area contributed by atoms with E-state index < -0.39 is 0 Å². The highest BCUT2D eigenvalue weighted by Crippen LogP contribution is 2.16. The maximum absolute atomic E-state index is 8.78. The van der Waals surface area contributed by atoms with E-state index in [-0.39, 0.29) is 0 Å². The number of nitrogens with zero attached hydrogens (tertiary/aromatic N) is 3. The van der Waals surface area contributed by atoms with Crippen molar-refractivity contribution in [3.05, 3.63) is 35.1 Å². The number of hydrogen-bond donors (Lipinski definition) is 0. The largest absolute Gasteiger partial charge is 0.284 e. The van der Waals surface area contributed by atoms with Gasteiger partial charge in [0, 0.05) is 11.6 Å². The second-order valence-corrected chi connectivity index (χ2v) is 3.48. The highest BCUT2D eigenvalue weighted by atomic mass is 32.1. The van der Waals surface area contributed by atoms with E-state index in [1.165, 1.54) is 11.3 Å². The Bertz CT molecular complexity index is 461. The second kappa shape index (κ2) is 3.04. The Morgan fingerprint density at radius 1 is 1.62 bits per heavy atom. The normalized spacial score (nSPS) is 9.85. The third-order valence-corrected chi connectivity index (χ3v) is 2.63. The van der Waals surface area contributed by atoms with Gasteiger partial charge >= 0.3 is 0 Å². The van der Waals surface area contributed by atoms with Crippen LogP contribution in [0.15, 0.2) is 23.7 Å². The quantitative estimate of drug-likeness (QED) is 0.689. The average molecular weight is 189 g/mol. The van der Waals surface area contributed by atoms with Crippen molar-refractivity contribution >= 4 is 11.3 Å². The molecule has 2 aromatic rings. The van der Waals surface area contributed by atoms with E-state index in [1.807, 2.05) is 24.6 Å². The van der Waals surface area contributed by atoms with Crippen LogP contribution in [0.4, 0.5) is 0 Å². The minimum atomic E-state index is 0.620. The van der Waals surface area contributed by atoms with E-state index in [9.17, 15) is 0 Å². The van der Waals surface area contributed by atoms with Crippen LogP contribution in [-0.4, -0.2) is 9.55 Å². The van der Waals surface area contributed by atoms with Crippen LogP contribution in [0.3, 0.4) is 0 Å². The monoisotopic (exact) mass is 189 g/mol. The molecule has 0 aliphatic carbocycles. The summed E-state index contributed by atoms with van der Waals surface area (Å²) in [4.78, 5) is 4.29. The molecule has 0 radical (unpaired) electrons. The second-order valence-electron chi connectivity index (χ2n) is 2.65. The molecular weight excluding hydrogens is 182 g/mol. The fraction of sp³-hybridized carbons (Fsp3) is 0.111. The average Bonchev–Trinajstić information content (AvgIpc) is 2.71. The molecule has 0 N–H and O–H groups in total. The lowest BCUT2D eigenvalue weighted by Crippen LogP contribution is -1.93.